The Hall–Kier alpha value is -1.13. The Bertz CT molecular complexity index is 198. The average molecular weight is 200 g/mol. The summed E-state index contributed by atoms with van der Waals surface area (Å²) in [6.07, 6.45) is 1.60. The Morgan fingerprint density at radius 3 is 2.71 bits per heavy atom. The second kappa shape index (κ2) is 8.47. The van der Waals surface area contributed by atoms with Gasteiger partial charge in [-0.1, -0.05) is 12.7 Å². The molecule has 0 aliphatic rings. The summed E-state index contributed by atoms with van der Waals surface area (Å²) in [5.74, 6) is -0.453. The third kappa shape index (κ3) is 6.39. The van der Waals surface area contributed by atoms with Crippen LogP contribution in [0, 0.1) is 0 Å². The Kier molecular flexibility index (Phi) is 7.78. The predicted octanol–water partition coefficient (Wildman–Crippen LogP) is 0.935. The van der Waals surface area contributed by atoms with E-state index < -0.39 is 5.97 Å². The highest BCUT2D eigenvalue weighted by Gasteiger charge is 2.07. The van der Waals surface area contributed by atoms with Crippen molar-refractivity contribution >= 4 is 5.97 Å². The van der Waals surface area contributed by atoms with E-state index in [4.69, 9.17) is 14.2 Å². The first-order chi connectivity index (χ1) is 6.72. The molecule has 0 aromatic carbocycles. The van der Waals surface area contributed by atoms with Gasteiger partial charge in [0.15, 0.2) is 0 Å². The van der Waals surface area contributed by atoms with Crippen molar-refractivity contribution in [3.8, 4) is 0 Å². The van der Waals surface area contributed by atoms with Gasteiger partial charge in [-0.05, 0) is 0 Å². The zero-order chi connectivity index (χ0) is 10.8. The summed E-state index contributed by atoms with van der Waals surface area (Å²) in [6.45, 7) is 8.18. The summed E-state index contributed by atoms with van der Waals surface area (Å²) in [5.41, 5.74) is 0.294. The highest BCUT2D eigenvalue weighted by molar-refractivity contribution is 5.87. The van der Waals surface area contributed by atoms with E-state index in [0.717, 1.165) is 0 Å². The second-order valence-corrected chi connectivity index (χ2v) is 2.54. The first-order valence-electron chi connectivity index (χ1n) is 4.24. The lowest BCUT2D eigenvalue weighted by molar-refractivity contribution is -0.140. The van der Waals surface area contributed by atoms with Crippen molar-refractivity contribution in [2.75, 3.05) is 33.5 Å². The summed E-state index contributed by atoms with van der Waals surface area (Å²) < 4.78 is 14.5. The number of ether oxygens (including phenoxy) is 3. The van der Waals surface area contributed by atoms with Crippen LogP contribution in [0.2, 0.25) is 0 Å². The quantitative estimate of drug-likeness (QED) is 0.253. The smallest absolute Gasteiger partial charge is 0.335 e. The van der Waals surface area contributed by atoms with E-state index in [1.165, 1.54) is 7.11 Å². The minimum absolute atomic E-state index is 0.165. The van der Waals surface area contributed by atoms with Gasteiger partial charge in [-0.15, -0.1) is 6.58 Å². The van der Waals surface area contributed by atoms with Crippen LogP contribution in [0.1, 0.15) is 0 Å². The van der Waals surface area contributed by atoms with Crippen molar-refractivity contribution in [2.45, 2.75) is 0 Å². The van der Waals surface area contributed by atoms with E-state index in [-0.39, 0.29) is 13.2 Å². The maximum absolute atomic E-state index is 11.1. The van der Waals surface area contributed by atoms with E-state index in [0.29, 0.717) is 18.8 Å². The molecular weight excluding hydrogens is 184 g/mol. The fraction of sp³-hybridized carbons (Fsp3) is 0.500. The number of carbonyl (C=O) groups is 1. The lowest BCUT2D eigenvalue weighted by atomic mass is 10.3. The van der Waals surface area contributed by atoms with Crippen molar-refractivity contribution in [1.29, 1.82) is 0 Å². The molecule has 0 aromatic heterocycles. The normalized spacial score (nSPS) is 9.50. The fourth-order valence-electron chi connectivity index (χ4n) is 0.644. The van der Waals surface area contributed by atoms with Crippen molar-refractivity contribution in [1.82, 2.24) is 0 Å². The third-order valence-electron chi connectivity index (χ3n) is 1.32. The van der Waals surface area contributed by atoms with E-state index in [2.05, 4.69) is 13.2 Å². The summed E-state index contributed by atoms with van der Waals surface area (Å²) in [7, 11) is 1.54. The highest BCUT2D eigenvalue weighted by atomic mass is 16.6. The molecule has 0 amide bonds. The van der Waals surface area contributed by atoms with Crippen LogP contribution >= 0.6 is 0 Å². The molecule has 4 heteroatoms. The summed E-state index contributed by atoms with van der Waals surface area (Å²) in [5, 5.41) is 0. The first kappa shape index (κ1) is 12.9. The van der Waals surface area contributed by atoms with E-state index in [1.54, 1.807) is 6.08 Å². The van der Waals surface area contributed by atoms with Crippen molar-refractivity contribution < 1.29 is 19.0 Å². The van der Waals surface area contributed by atoms with Crippen LogP contribution in [0.25, 0.3) is 0 Å². The van der Waals surface area contributed by atoms with Gasteiger partial charge in [0.2, 0.25) is 0 Å². The van der Waals surface area contributed by atoms with E-state index in [1.807, 2.05) is 0 Å². The van der Waals surface area contributed by atoms with Crippen LogP contribution in [-0.2, 0) is 19.0 Å². The number of hydrogen-bond acceptors (Lipinski definition) is 4. The molecule has 0 saturated heterocycles. The molecule has 0 unspecified atom stereocenters. The van der Waals surface area contributed by atoms with Gasteiger partial charge in [0.25, 0.3) is 0 Å². The largest absolute Gasteiger partial charge is 0.460 e. The minimum Gasteiger partial charge on any atom is -0.460 e. The van der Waals surface area contributed by atoms with Crippen LogP contribution in [0.3, 0.4) is 0 Å². The Morgan fingerprint density at radius 1 is 1.43 bits per heavy atom. The molecule has 4 nitrogen and oxygen atoms in total. The minimum atomic E-state index is -0.453. The van der Waals surface area contributed by atoms with Gasteiger partial charge in [0.1, 0.15) is 6.61 Å². The zero-order valence-corrected chi connectivity index (χ0v) is 8.45. The topological polar surface area (TPSA) is 44.8 Å². The molecule has 0 aliphatic heterocycles. The molecule has 0 atom stereocenters. The highest BCUT2D eigenvalue weighted by Crippen LogP contribution is 1.95. The zero-order valence-electron chi connectivity index (χ0n) is 8.45. The molecular formula is C10H16O4. The van der Waals surface area contributed by atoms with Crippen LogP contribution in [-0.4, -0.2) is 39.5 Å². The molecule has 0 heterocycles. The fourth-order valence-corrected chi connectivity index (χ4v) is 0.644. The Labute approximate surface area is 84.1 Å². The lowest BCUT2D eigenvalue weighted by Gasteiger charge is -2.06. The molecule has 0 rings (SSSR count). The molecule has 80 valence electrons. The molecule has 0 fully saturated rings. The van der Waals surface area contributed by atoms with Gasteiger partial charge < -0.3 is 14.2 Å². The maximum Gasteiger partial charge on any atom is 0.335 e. The molecule has 0 aliphatic carbocycles. The second-order valence-electron chi connectivity index (χ2n) is 2.54. The van der Waals surface area contributed by atoms with Crippen LogP contribution in [0.15, 0.2) is 24.8 Å². The standard InChI is InChI=1S/C10H16O4/c1-4-5-13-8-9(2)10(11)14-7-6-12-3/h4H,1-2,5-8H2,3H3. The summed E-state index contributed by atoms with van der Waals surface area (Å²) >= 11 is 0. The summed E-state index contributed by atoms with van der Waals surface area (Å²) in [4.78, 5) is 11.1. The third-order valence-corrected chi connectivity index (χ3v) is 1.32. The van der Waals surface area contributed by atoms with Gasteiger partial charge in [0.05, 0.1) is 25.4 Å². The van der Waals surface area contributed by atoms with E-state index >= 15 is 0 Å². The number of esters is 1. The Morgan fingerprint density at radius 2 is 2.14 bits per heavy atom. The number of hydrogen-bond donors (Lipinski definition) is 0. The lowest BCUT2D eigenvalue weighted by Crippen LogP contribution is -2.14. The number of rotatable bonds is 8. The monoisotopic (exact) mass is 200 g/mol. The van der Waals surface area contributed by atoms with Gasteiger partial charge in [-0.2, -0.15) is 0 Å². The van der Waals surface area contributed by atoms with Gasteiger partial charge in [-0.3, -0.25) is 0 Å². The van der Waals surface area contributed by atoms with Gasteiger partial charge >= 0.3 is 5.97 Å². The van der Waals surface area contributed by atoms with E-state index in [9.17, 15) is 4.79 Å². The van der Waals surface area contributed by atoms with Gasteiger partial charge in [-0.25, -0.2) is 4.79 Å². The van der Waals surface area contributed by atoms with Crippen molar-refractivity contribution in [2.24, 2.45) is 0 Å². The molecule has 0 saturated carbocycles. The van der Waals surface area contributed by atoms with Crippen LogP contribution in [0.5, 0.6) is 0 Å². The van der Waals surface area contributed by atoms with Crippen molar-refractivity contribution in [3.63, 3.8) is 0 Å². The molecule has 14 heavy (non-hydrogen) atoms. The van der Waals surface area contributed by atoms with Crippen LogP contribution < -0.4 is 0 Å². The number of methoxy groups -OCH3 is 1. The van der Waals surface area contributed by atoms with Crippen molar-refractivity contribution in [3.05, 3.63) is 24.8 Å². The number of carbonyl (C=O) groups excluding carboxylic acids is 1. The van der Waals surface area contributed by atoms with Gasteiger partial charge in [0, 0.05) is 7.11 Å². The SMILES string of the molecule is C=CCOCC(=C)C(=O)OCCOC. The average Bonchev–Trinajstić information content (AvgIpc) is 2.18. The summed E-state index contributed by atoms with van der Waals surface area (Å²) in [6, 6.07) is 0. The molecule has 0 radical (unpaired) electrons. The maximum atomic E-state index is 11.1. The molecule has 0 aromatic rings. The predicted molar refractivity (Wildman–Crippen MR) is 53.0 cm³/mol. The molecule has 0 bridgehead atoms. The molecule has 0 N–H and O–H groups in total. The first-order valence-corrected chi connectivity index (χ1v) is 4.24. The molecule has 0 spiro atoms. The Balaban J connectivity index is 3.55. The van der Waals surface area contributed by atoms with Crippen LogP contribution in [0.4, 0.5) is 0 Å².